The Morgan fingerprint density at radius 3 is 2.67 bits per heavy atom. The van der Waals surface area contributed by atoms with E-state index in [1.807, 2.05) is 37.3 Å². The van der Waals surface area contributed by atoms with E-state index in [9.17, 15) is 4.79 Å². The van der Waals surface area contributed by atoms with Crippen LogP contribution in [0.3, 0.4) is 0 Å². The molecule has 5 nitrogen and oxygen atoms in total. The summed E-state index contributed by atoms with van der Waals surface area (Å²) in [6.45, 7) is 2.48. The van der Waals surface area contributed by atoms with Crippen molar-refractivity contribution in [3.05, 3.63) is 59.9 Å². The molecule has 2 aromatic carbocycles. The van der Waals surface area contributed by atoms with E-state index >= 15 is 0 Å². The van der Waals surface area contributed by atoms with Gasteiger partial charge in [0, 0.05) is 5.39 Å². The van der Waals surface area contributed by atoms with Gasteiger partial charge in [0.25, 0.3) is 0 Å². The normalized spacial score (nSPS) is 10.6. The van der Waals surface area contributed by atoms with Crippen LogP contribution in [0.2, 0.25) is 0 Å². The number of carbonyl (C=O) groups is 1. The molecule has 1 heterocycles. The predicted octanol–water partition coefficient (Wildman–Crippen LogP) is 4.20. The van der Waals surface area contributed by atoms with Crippen LogP contribution in [0, 0.1) is 0 Å². The number of hydrogen-bond donors (Lipinski definition) is 0. The summed E-state index contributed by atoms with van der Waals surface area (Å²) in [7, 11) is 1.53. The minimum Gasteiger partial charge on any atom is -0.493 e. The van der Waals surface area contributed by atoms with E-state index in [1.165, 1.54) is 7.11 Å². The van der Waals surface area contributed by atoms with Gasteiger partial charge in [-0.05, 0) is 37.3 Å². The van der Waals surface area contributed by atoms with E-state index in [4.69, 9.17) is 18.6 Å². The molecule has 0 bridgehead atoms. The molecule has 5 heteroatoms. The Morgan fingerprint density at radius 1 is 1.08 bits per heavy atom. The molecule has 0 N–H and O–H groups in total. The first-order valence-electron chi connectivity index (χ1n) is 7.66. The number of furan rings is 1. The molecule has 3 aromatic rings. The molecule has 0 aliphatic carbocycles. The second-order valence-electron chi connectivity index (χ2n) is 5.13. The Kier molecular flexibility index (Phi) is 4.70. The van der Waals surface area contributed by atoms with E-state index in [-0.39, 0.29) is 6.61 Å². The number of ether oxygens (including phenoxy) is 3. The van der Waals surface area contributed by atoms with Crippen LogP contribution in [-0.4, -0.2) is 19.7 Å². The summed E-state index contributed by atoms with van der Waals surface area (Å²) in [4.78, 5) is 12.2. The zero-order valence-corrected chi connectivity index (χ0v) is 13.6. The smallest absolute Gasteiger partial charge is 0.338 e. The van der Waals surface area contributed by atoms with Gasteiger partial charge in [-0.3, -0.25) is 0 Å². The SMILES string of the molecule is CCOc1ccc(C(=O)OCc2cc3ccccc3o2)cc1OC. The second kappa shape index (κ2) is 7.08. The molecule has 0 amide bonds. The van der Waals surface area contributed by atoms with Crippen LogP contribution < -0.4 is 9.47 Å². The molecular formula is C19H18O5. The number of carbonyl (C=O) groups excluding carboxylic acids is 1. The van der Waals surface area contributed by atoms with Gasteiger partial charge in [0.05, 0.1) is 19.3 Å². The first kappa shape index (κ1) is 15.9. The highest BCUT2D eigenvalue weighted by Gasteiger charge is 2.13. The van der Waals surface area contributed by atoms with Crippen LogP contribution in [0.15, 0.2) is 52.9 Å². The first-order chi connectivity index (χ1) is 11.7. The fourth-order valence-electron chi connectivity index (χ4n) is 2.40. The molecule has 0 saturated heterocycles. The van der Waals surface area contributed by atoms with Crippen molar-refractivity contribution in [2.45, 2.75) is 13.5 Å². The van der Waals surface area contributed by atoms with E-state index in [1.54, 1.807) is 18.2 Å². The number of para-hydroxylation sites is 1. The lowest BCUT2D eigenvalue weighted by Gasteiger charge is -2.10. The van der Waals surface area contributed by atoms with Crippen molar-refractivity contribution in [2.75, 3.05) is 13.7 Å². The maximum atomic E-state index is 12.2. The zero-order valence-electron chi connectivity index (χ0n) is 13.6. The Bertz CT molecular complexity index is 817. The minimum atomic E-state index is -0.447. The number of hydrogen-bond acceptors (Lipinski definition) is 5. The van der Waals surface area contributed by atoms with Crippen molar-refractivity contribution in [1.82, 2.24) is 0 Å². The van der Waals surface area contributed by atoms with E-state index in [0.717, 1.165) is 11.0 Å². The Labute approximate surface area is 139 Å². The number of rotatable bonds is 6. The maximum Gasteiger partial charge on any atom is 0.338 e. The fraction of sp³-hybridized carbons (Fsp3) is 0.211. The molecule has 0 saturated carbocycles. The molecule has 0 atom stereocenters. The van der Waals surface area contributed by atoms with E-state index in [0.29, 0.717) is 29.4 Å². The van der Waals surface area contributed by atoms with Crippen LogP contribution in [0.25, 0.3) is 11.0 Å². The standard InChI is InChI=1S/C19H18O5/c1-3-22-17-9-8-14(11-18(17)21-2)19(20)23-12-15-10-13-6-4-5-7-16(13)24-15/h4-11H,3,12H2,1-2H3. The van der Waals surface area contributed by atoms with Crippen LogP contribution in [0.4, 0.5) is 0 Å². The summed E-state index contributed by atoms with van der Waals surface area (Å²) >= 11 is 0. The van der Waals surface area contributed by atoms with Crippen molar-refractivity contribution in [1.29, 1.82) is 0 Å². The summed E-state index contributed by atoms with van der Waals surface area (Å²) in [5, 5.41) is 0.978. The predicted molar refractivity (Wildman–Crippen MR) is 89.5 cm³/mol. The Hall–Kier alpha value is -2.95. The van der Waals surface area contributed by atoms with Crippen molar-refractivity contribution in [3.63, 3.8) is 0 Å². The summed E-state index contributed by atoms with van der Waals surface area (Å²) in [6, 6.07) is 14.5. The highest BCUT2D eigenvalue weighted by atomic mass is 16.5. The van der Waals surface area contributed by atoms with Gasteiger partial charge < -0.3 is 18.6 Å². The second-order valence-corrected chi connectivity index (χ2v) is 5.13. The van der Waals surface area contributed by atoms with Gasteiger partial charge in [-0.1, -0.05) is 18.2 Å². The van der Waals surface area contributed by atoms with Crippen molar-refractivity contribution in [2.24, 2.45) is 0 Å². The van der Waals surface area contributed by atoms with E-state index < -0.39 is 5.97 Å². The molecule has 0 aliphatic heterocycles. The third-order valence-electron chi connectivity index (χ3n) is 3.52. The van der Waals surface area contributed by atoms with Crippen molar-refractivity contribution >= 4 is 16.9 Å². The average molecular weight is 326 g/mol. The lowest BCUT2D eigenvalue weighted by Crippen LogP contribution is -2.06. The number of benzene rings is 2. The quantitative estimate of drug-likeness (QED) is 0.636. The Morgan fingerprint density at radius 2 is 1.92 bits per heavy atom. The van der Waals surface area contributed by atoms with Crippen molar-refractivity contribution < 1.29 is 23.4 Å². The van der Waals surface area contributed by atoms with Gasteiger partial charge in [0.1, 0.15) is 18.0 Å². The van der Waals surface area contributed by atoms with Gasteiger partial charge in [-0.15, -0.1) is 0 Å². The molecule has 0 unspecified atom stereocenters. The van der Waals surface area contributed by atoms with Crippen LogP contribution in [0.5, 0.6) is 11.5 Å². The molecule has 0 spiro atoms. The number of esters is 1. The van der Waals surface area contributed by atoms with E-state index in [2.05, 4.69) is 0 Å². The third-order valence-corrected chi connectivity index (χ3v) is 3.52. The van der Waals surface area contributed by atoms with Gasteiger partial charge >= 0.3 is 5.97 Å². The van der Waals surface area contributed by atoms with Gasteiger partial charge in [0.2, 0.25) is 0 Å². The molecule has 0 aliphatic rings. The molecule has 0 radical (unpaired) electrons. The maximum absolute atomic E-state index is 12.2. The van der Waals surface area contributed by atoms with Crippen LogP contribution in [0.1, 0.15) is 23.0 Å². The monoisotopic (exact) mass is 326 g/mol. The molecular weight excluding hydrogens is 308 g/mol. The molecule has 24 heavy (non-hydrogen) atoms. The fourth-order valence-corrected chi connectivity index (χ4v) is 2.40. The molecule has 0 fully saturated rings. The zero-order chi connectivity index (χ0) is 16.9. The van der Waals surface area contributed by atoms with Crippen LogP contribution in [-0.2, 0) is 11.3 Å². The summed E-state index contributed by atoms with van der Waals surface area (Å²) < 4.78 is 21.6. The van der Waals surface area contributed by atoms with Crippen LogP contribution >= 0.6 is 0 Å². The molecule has 3 rings (SSSR count). The minimum absolute atomic E-state index is 0.0725. The van der Waals surface area contributed by atoms with Gasteiger partial charge in [-0.2, -0.15) is 0 Å². The molecule has 124 valence electrons. The summed E-state index contributed by atoms with van der Waals surface area (Å²) in [5.74, 6) is 1.24. The first-order valence-corrected chi connectivity index (χ1v) is 7.66. The average Bonchev–Trinajstić information content (AvgIpc) is 3.03. The molecule has 1 aromatic heterocycles. The Balaban J connectivity index is 1.70. The number of fused-ring (bicyclic) bond motifs is 1. The van der Waals surface area contributed by atoms with Crippen molar-refractivity contribution in [3.8, 4) is 11.5 Å². The highest BCUT2D eigenvalue weighted by molar-refractivity contribution is 5.90. The largest absolute Gasteiger partial charge is 0.493 e. The highest BCUT2D eigenvalue weighted by Crippen LogP contribution is 2.28. The lowest BCUT2D eigenvalue weighted by atomic mass is 10.2. The summed E-state index contributed by atoms with van der Waals surface area (Å²) in [6.07, 6.45) is 0. The topological polar surface area (TPSA) is 57.9 Å². The van der Waals surface area contributed by atoms with Gasteiger partial charge in [-0.25, -0.2) is 4.79 Å². The lowest BCUT2D eigenvalue weighted by molar-refractivity contribution is 0.0447. The third kappa shape index (κ3) is 3.35. The number of methoxy groups -OCH3 is 1. The summed E-state index contributed by atoms with van der Waals surface area (Å²) in [5.41, 5.74) is 1.16. The van der Waals surface area contributed by atoms with Gasteiger partial charge in [0.15, 0.2) is 11.5 Å².